The first-order valence-corrected chi connectivity index (χ1v) is 10.3. The van der Waals surface area contributed by atoms with Crippen molar-refractivity contribution in [3.8, 4) is 0 Å². The van der Waals surface area contributed by atoms with E-state index in [0.717, 1.165) is 48.9 Å². The van der Waals surface area contributed by atoms with Crippen LogP contribution in [0.3, 0.4) is 0 Å². The maximum atomic E-state index is 13.7. The van der Waals surface area contributed by atoms with Crippen LogP contribution in [0.1, 0.15) is 24.0 Å². The quantitative estimate of drug-likeness (QED) is 0.459. The molecule has 162 valence electrons. The van der Waals surface area contributed by atoms with Gasteiger partial charge < -0.3 is 0 Å². The largest absolute Gasteiger partial charge is 0.403 e. The molecule has 0 aliphatic heterocycles. The minimum atomic E-state index is -5.60. The second kappa shape index (κ2) is 7.07. The summed E-state index contributed by atoms with van der Waals surface area (Å²) in [6, 6.07) is 6.44. The van der Waals surface area contributed by atoms with E-state index in [0.29, 0.717) is 0 Å². The van der Waals surface area contributed by atoms with Gasteiger partial charge in [-0.2, -0.15) is 30.7 Å². The van der Waals surface area contributed by atoms with Gasteiger partial charge in [-0.15, -0.1) is 0 Å². The zero-order valence-corrected chi connectivity index (χ0v) is 16.1. The lowest BCUT2D eigenvalue weighted by atomic mass is 9.81. The predicted octanol–water partition coefficient (Wildman–Crippen LogP) is 5.44. The van der Waals surface area contributed by atoms with Gasteiger partial charge in [-0.05, 0) is 59.4 Å². The molecule has 0 radical (unpaired) electrons. The number of allylic oxidation sites excluding steroid dienone is 2. The fourth-order valence-electron chi connectivity index (χ4n) is 3.45. The van der Waals surface area contributed by atoms with Crippen molar-refractivity contribution in [1.82, 2.24) is 4.98 Å². The van der Waals surface area contributed by atoms with E-state index in [1.165, 1.54) is 0 Å². The molecule has 1 aromatic carbocycles. The van der Waals surface area contributed by atoms with Crippen LogP contribution in [0.5, 0.6) is 0 Å². The summed E-state index contributed by atoms with van der Waals surface area (Å²) in [4.78, 5) is 3.20. The Morgan fingerprint density at radius 3 is 1.70 bits per heavy atom. The Kier molecular flexibility index (Phi) is 5.25. The summed E-state index contributed by atoms with van der Waals surface area (Å²) in [6.45, 7) is 0. The smallest absolute Gasteiger partial charge is 0.228 e. The van der Waals surface area contributed by atoms with Crippen LogP contribution in [0.4, 0.5) is 30.7 Å². The van der Waals surface area contributed by atoms with Crippen LogP contribution in [-0.4, -0.2) is 32.0 Å². The van der Waals surface area contributed by atoms with Gasteiger partial charge in [-0.25, -0.2) is 13.4 Å². The Morgan fingerprint density at radius 1 is 0.833 bits per heavy atom. The number of pyridine rings is 1. The number of aromatic nitrogens is 1. The first kappa shape index (κ1) is 22.3. The standard InChI is InChI=1S/C19H14F7NO2S/c1-30(28,29)13-5-2-11(3-6-13)14-8-17(18(21,22)23,19(24,25)26)9-15(14)12-4-7-16(20)27-10-12/h2-7,10H,8-9H2,1H3. The molecule has 1 aliphatic rings. The van der Waals surface area contributed by atoms with Crippen molar-refractivity contribution in [3.05, 3.63) is 59.7 Å². The van der Waals surface area contributed by atoms with E-state index in [-0.39, 0.29) is 27.2 Å². The Hall–Kier alpha value is -2.43. The van der Waals surface area contributed by atoms with Gasteiger partial charge >= 0.3 is 12.4 Å². The highest BCUT2D eigenvalue weighted by Gasteiger charge is 2.72. The van der Waals surface area contributed by atoms with Crippen molar-refractivity contribution >= 4 is 21.0 Å². The lowest BCUT2D eigenvalue weighted by Gasteiger charge is -2.34. The highest BCUT2D eigenvalue weighted by atomic mass is 32.2. The zero-order valence-electron chi connectivity index (χ0n) is 15.3. The average molecular weight is 453 g/mol. The number of nitrogens with zero attached hydrogens (tertiary/aromatic N) is 1. The van der Waals surface area contributed by atoms with E-state index in [1.807, 2.05) is 0 Å². The third-order valence-electron chi connectivity index (χ3n) is 5.11. The second-order valence-electron chi connectivity index (χ2n) is 7.05. The van der Waals surface area contributed by atoms with Gasteiger partial charge in [0.2, 0.25) is 5.95 Å². The van der Waals surface area contributed by atoms with Crippen LogP contribution in [-0.2, 0) is 9.84 Å². The highest BCUT2D eigenvalue weighted by Crippen LogP contribution is 2.64. The van der Waals surface area contributed by atoms with E-state index in [9.17, 15) is 39.2 Å². The Labute approximate surface area is 167 Å². The summed E-state index contributed by atoms with van der Waals surface area (Å²) in [6.07, 6.45) is -12.2. The number of alkyl halides is 6. The first-order chi connectivity index (χ1) is 13.7. The van der Waals surface area contributed by atoms with Crippen LogP contribution < -0.4 is 0 Å². The molecule has 2 aromatic rings. The first-order valence-electron chi connectivity index (χ1n) is 8.44. The van der Waals surface area contributed by atoms with Gasteiger partial charge in [-0.3, -0.25) is 0 Å². The highest BCUT2D eigenvalue weighted by molar-refractivity contribution is 7.90. The zero-order chi connectivity index (χ0) is 22.5. The van der Waals surface area contributed by atoms with Gasteiger partial charge in [0.15, 0.2) is 15.3 Å². The predicted molar refractivity (Wildman–Crippen MR) is 94.3 cm³/mol. The molecule has 0 bridgehead atoms. The average Bonchev–Trinajstić information content (AvgIpc) is 3.04. The molecule has 0 N–H and O–H groups in total. The third-order valence-corrected chi connectivity index (χ3v) is 6.24. The van der Waals surface area contributed by atoms with Gasteiger partial charge in [0.05, 0.1) is 4.90 Å². The molecule has 0 fully saturated rings. The minimum absolute atomic E-state index is 0.0112. The summed E-state index contributed by atoms with van der Waals surface area (Å²) in [5, 5.41) is 0. The molecule has 3 nitrogen and oxygen atoms in total. The summed E-state index contributed by atoms with van der Waals surface area (Å²) in [5.41, 5.74) is -4.61. The molecule has 1 aliphatic carbocycles. The van der Waals surface area contributed by atoms with Crippen molar-refractivity contribution < 1.29 is 39.2 Å². The molecule has 0 spiro atoms. The Bertz CT molecular complexity index is 1070. The van der Waals surface area contributed by atoms with Crippen molar-refractivity contribution in [2.75, 3.05) is 6.26 Å². The number of hydrogen-bond acceptors (Lipinski definition) is 3. The number of benzene rings is 1. The maximum Gasteiger partial charge on any atom is 0.403 e. The molecule has 0 atom stereocenters. The molecule has 0 saturated heterocycles. The monoisotopic (exact) mass is 453 g/mol. The van der Waals surface area contributed by atoms with E-state index in [2.05, 4.69) is 4.98 Å². The van der Waals surface area contributed by atoms with Crippen LogP contribution in [0, 0.1) is 11.4 Å². The second-order valence-corrected chi connectivity index (χ2v) is 9.07. The maximum absolute atomic E-state index is 13.7. The topological polar surface area (TPSA) is 47.0 Å². The molecule has 0 unspecified atom stereocenters. The molecule has 1 heterocycles. The van der Waals surface area contributed by atoms with Crippen LogP contribution in [0.15, 0.2) is 47.5 Å². The van der Waals surface area contributed by atoms with Crippen molar-refractivity contribution in [2.24, 2.45) is 5.41 Å². The van der Waals surface area contributed by atoms with Crippen molar-refractivity contribution in [1.29, 1.82) is 0 Å². The van der Waals surface area contributed by atoms with Crippen LogP contribution in [0.25, 0.3) is 11.1 Å². The third kappa shape index (κ3) is 3.82. The number of hydrogen-bond donors (Lipinski definition) is 0. The molecular weight excluding hydrogens is 439 g/mol. The van der Waals surface area contributed by atoms with Crippen LogP contribution in [0.2, 0.25) is 0 Å². The molecule has 3 rings (SSSR count). The summed E-state index contributed by atoms with van der Waals surface area (Å²) in [7, 11) is -3.61. The summed E-state index contributed by atoms with van der Waals surface area (Å²) < 4.78 is 118. The van der Waals surface area contributed by atoms with E-state index >= 15 is 0 Å². The minimum Gasteiger partial charge on any atom is -0.228 e. The summed E-state index contributed by atoms with van der Waals surface area (Å²) in [5.74, 6) is -0.936. The molecule has 11 heteroatoms. The lowest BCUT2D eigenvalue weighted by molar-refractivity contribution is -0.335. The molecule has 0 amide bonds. The number of halogens is 7. The van der Waals surface area contributed by atoms with Gasteiger partial charge in [0.1, 0.15) is 0 Å². The van der Waals surface area contributed by atoms with E-state index in [1.54, 1.807) is 0 Å². The fraction of sp³-hybridized carbons (Fsp3) is 0.316. The molecule has 1 aromatic heterocycles. The van der Waals surface area contributed by atoms with Crippen molar-refractivity contribution in [3.63, 3.8) is 0 Å². The number of sulfone groups is 1. The van der Waals surface area contributed by atoms with E-state index < -0.39 is 46.4 Å². The van der Waals surface area contributed by atoms with Gasteiger partial charge in [0, 0.05) is 12.5 Å². The molecule has 0 saturated carbocycles. The fourth-order valence-corrected chi connectivity index (χ4v) is 4.08. The van der Waals surface area contributed by atoms with E-state index in [4.69, 9.17) is 0 Å². The SMILES string of the molecule is CS(=O)(=O)c1ccc(C2=C(c3ccc(F)nc3)CC(C(F)(F)F)(C(F)(F)F)C2)cc1. The Morgan fingerprint density at radius 2 is 1.30 bits per heavy atom. The van der Waals surface area contributed by atoms with Crippen molar-refractivity contribution in [2.45, 2.75) is 30.1 Å². The number of rotatable bonds is 3. The molecular formula is C19H14F7NO2S. The van der Waals surface area contributed by atoms with Gasteiger partial charge in [0.25, 0.3) is 0 Å². The normalized spacial score (nSPS) is 17.5. The Balaban J connectivity index is 2.20. The van der Waals surface area contributed by atoms with Gasteiger partial charge in [-0.1, -0.05) is 12.1 Å². The van der Waals surface area contributed by atoms with Crippen LogP contribution >= 0.6 is 0 Å². The lowest BCUT2D eigenvalue weighted by Crippen LogP contribution is -2.48. The summed E-state index contributed by atoms with van der Waals surface area (Å²) >= 11 is 0. The molecule has 30 heavy (non-hydrogen) atoms.